The molecule has 1 aromatic rings. The molecule has 0 atom stereocenters. The van der Waals surface area contributed by atoms with Gasteiger partial charge in [-0.1, -0.05) is 57.9 Å². The van der Waals surface area contributed by atoms with Crippen molar-refractivity contribution in [1.82, 2.24) is 5.32 Å². The van der Waals surface area contributed by atoms with Gasteiger partial charge in [0.2, 0.25) is 0 Å². The Labute approximate surface area is 122 Å². The lowest BCUT2D eigenvalue weighted by atomic mass is 10.1. The lowest BCUT2D eigenvalue weighted by Gasteiger charge is -2.06. The number of benzene rings is 1. The lowest BCUT2D eigenvalue weighted by molar-refractivity contribution is 0.431. The molecule has 0 saturated heterocycles. The predicted octanol–water partition coefficient (Wildman–Crippen LogP) is 4.76. The zero-order valence-corrected chi connectivity index (χ0v) is 12.6. The van der Waals surface area contributed by atoms with E-state index in [0.717, 1.165) is 12.1 Å². The highest BCUT2D eigenvalue weighted by atomic mass is 19.1. The van der Waals surface area contributed by atoms with E-state index >= 15 is 0 Å². The fourth-order valence-corrected chi connectivity index (χ4v) is 2.28. The van der Waals surface area contributed by atoms with Crippen molar-refractivity contribution in [2.24, 2.45) is 0 Å². The quantitative estimate of drug-likeness (QED) is 0.573. The normalized spacial score (nSPS) is 10.9. The molecule has 1 aromatic carbocycles. The Morgan fingerprint density at radius 2 is 1.65 bits per heavy atom. The van der Waals surface area contributed by atoms with Crippen LogP contribution >= 0.6 is 0 Å². The third-order valence-electron chi connectivity index (χ3n) is 3.55. The van der Waals surface area contributed by atoms with Crippen LogP contribution < -0.4 is 5.32 Å². The first-order valence-corrected chi connectivity index (χ1v) is 7.92. The van der Waals surface area contributed by atoms with Gasteiger partial charge in [-0.2, -0.15) is 0 Å². The zero-order valence-electron chi connectivity index (χ0n) is 12.6. The van der Waals surface area contributed by atoms with Crippen LogP contribution in [0.2, 0.25) is 0 Å². The van der Waals surface area contributed by atoms with Gasteiger partial charge in [-0.3, -0.25) is 0 Å². The molecule has 0 spiro atoms. The van der Waals surface area contributed by atoms with Crippen LogP contribution in [0.1, 0.15) is 63.9 Å². The van der Waals surface area contributed by atoms with Crippen LogP contribution in [0.4, 0.5) is 4.39 Å². The predicted molar refractivity (Wildman–Crippen MR) is 82.4 cm³/mol. The number of hydrogen-bond donors (Lipinski definition) is 2. The number of halogens is 1. The molecular weight excluding hydrogens is 253 g/mol. The summed E-state index contributed by atoms with van der Waals surface area (Å²) >= 11 is 0. The second-order valence-electron chi connectivity index (χ2n) is 5.44. The first kappa shape index (κ1) is 17.0. The second kappa shape index (κ2) is 10.7. The number of phenolic OH excluding ortho intramolecular Hbond substituents is 1. The molecule has 20 heavy (non-hydrogen) atoms. The van der Waals surface area contributed by atoms with E-state index in [-0.39, 0.29) is 5.75 Å². The van der Waals surface area contributed by atoms with Gasteiger partial charge in [-0.15, -0.1) is 0 Å². The zero-order chi connectivity index (χ0) is 14.6. The van der Waals surface area contributed by atoms with E-state index in [4.69, 9.17) is 5.11 Å². The molecule has 0 saturated carbocycles. The summed E-state index contributed by atoms with van der Waals surface area (Å²) in [6.07, 6.45) is 10.5. The lowest BCUT2D eigenvalue weighted by Crippen LogP contribution is -2.14. The Kier molecular flexibility index (Phi) is 9.05. The molecular formula is C17H28FNO. The number of phenols is 1. The summed E-state index contributed by atoms with van der Waals surface area (Å²) in [6, 6.07) is 4.54. The standard InChI is InChI=1S/C17H28FNO/c1-2-3-4-5-6-7-8-9-12-19-14-15-10-11-17(20)16(18)13-15/h10-11,13,19-20H,2-9,12,14H2,1H3. The maximum absolute atomic E-state index is 13.1. The Hall–Kier alpha value is -1.09. The summed E-state index contributed by atoms with van der Waals surface area (Å²) in [4.78, 5) is 0. The average molecular weight is 281 g/mol. The van der Waals surface area contributed by atoms with E-state index in [2.05, 4.69) is 12.2 Å². The Morgan fingerprint density at radius 3 is 2.30 bits per heavy atom. The van der Waals surface area contributed by atoms with Crippen molar-refractivity contribution in [1.29, 1.82) is 0 Å². The van der Waals surface area contributed by atoms with Gasteiger partial charge in [0, 0.05) is 6.54 Å². The smallest absolute Gasteiger partial charge is 0.165 e. The van der Waals surface area contributed by atoms with Gasteiger partial charge in [0.05, 0.1) is 0 Å². The van der Waals surface area contributed by atoms with Crippen LogP contribution in [-0.4, -0.2) is 11.7 Å². The minimum Gasteiger partial charge on any atom is -0.505 e. The van der Waals surface area contributed by atoms with Crippen LogP contribution in [0.5, 0.6) is 5.75 Å². The molecule has 0 unspecified atom stereocenters. The van der Waals surface area contributed by atoms with Crippen molar-refractivity contribution >= 4 is 0 Å². The summed E-state index contributed by atoms with van der Waals surface area (Å²) < 4.78 is 13.1. The number of rotatable bonds is 11. The first-order chi connectivity index (χ1) is 9.74. The minimum atomic E-state index is -0.545. The van der Waals surface area contributed by atoms with Crippen LogP contribution in [-0.2, 0) is 6.54 Å². The summed E-state index contributed by atoms with van der Waals surface area (Å²) in [5.41, 5.74) is 0.875. The van der Waals surface area contributed by atoms with E-state index in [1.165, 1.54) is 63.5 Å². The molecule has 0 fully saturated rings. The van der Waals surface area contributed by atoms with Crippen LogP contribution in [0.15, 0.2) is 18.2 Å². The van der Waals surface area contributed by atoms with Crippen LogP contribution in [0.3, 0.4) is 0 Å². The maximum atomic E-state index is 13.1. The molecule has 0 aromatic heterocycles. The molecule has 2 N–H and O–H groups in total. The molecule has 2 nitrogen and oxygen atoms in total. The van der Waals surface area contributed by atoms with Crippen LogP contribution in [0.25, 0.3) is 0 Å². The van der Waals surface area contributed by atoms with Crippen molar-refractivity contribution in [2.45, 2.75) is 64.8 Å². The molecule has 0 aliphatic heterocycles. The number of nitrogens with one attached hydrogen (secondary N) is 1. The Morgan fingerprint density at radius 1 is 1.00 bits per heavy atom. The number of hydrogen-bond acceptors (Lipinski definition) is 2. The van der Waals surface area contributed by atoms with Gasteiger partial charge < -0.3 is 10.4 Å². The number of aromatic hydroxyl groups is 1. The van der Waals surface area contributed by atoms with E-state index < -0.39 is 5.82 Å². The molecule has 0 aliphatic rings. The topological polar surface area (TPSA) is 32.3 Å². The van der Waals surface area contributed by atoms with Gasteiger partial charge in [-0.05, 0) is 30.7 Å². The largest absolute Gasteiger partial charge is 0.505 e. The van der Waals surface area contributed by atoms with Gasteiger partial charge in [-0.25, -0.2) is 4.39 Å². The monoisotopic (exact) mass is 281 g/mol. The average Bonchev–Trinajstić information content (AvgIpc) is 2.45. The first-order valence-electron chi connectivity index (χ1n) is 7.92. The summed E-state index contributed by atoms with van der Waals surface area (Å²) in [5, 5.41) is 12.4. The summed E-state index contributed by atoms with van der Waals surface area (Å²) in [6.45, 7) is 3.87. The summed E-state index contributed by atoms with van der Waals surface area (Å²) in [5.74, 6) is -0.826. The van der Waals surface area contributed by atoms with Gasteiger partial charge in [0.15, 0.2) is 11.6 Å². The number of unbranched alkanes of at least 4 members (excludes halogenated alkanes) is 7. The van der Waals surface area contributed by atoms with Crippen molar-refractivity contribution in [3.05, 3.63) is 29.6 Å². The maximum Gasteiger partial charge on any atom is 0.165 e. The van der Waals surface area contributed by atoms with Crippen molar-refractivity contribution < 1.29 is 9.50 Å². The highest BCUT2D eigenvalue weighted by Gasteiger charge is 2.00. The van der Waals surface area contributed by atoms with Gasteiger partial charge in [0.25, 0.3) is 0 Å². The van der Waals surface area contributed by atoms with Gasteiger partial charge >= 0.3 is 0 Å². The highest BCUT2D eigenvalue weighted by molar-refractivity contribution is 5.27. The fourth-order valence-electron chi connectivity index (χ4n) is 2.28. The molecule has 0 heterocycles. The molecule has 1 rings (SSSR count). The second-order valence-corrected chi connectivity index (χ2v) is 5.44. The molecule has 0 radical (unpaired) electrons. The molecule has 3 heteroatoms. The molecule has 0 bridgehead atoms. The van der Waals surface area contributed by atoms with Crippen LogP contribution in [0, 0.1) is 5.82 Å². The van der Waals surface area contributed by atoms with Gasteiger partial charge in [0.1, 0.15) is 0 Å². The summed E-state index contributed by atoms with van der Waals surface area (Å²) in [7, 11) is 0. The Bertz CT molecular complexity index is 368. The molecule has 0 aliphatic carbocycles. The minimum absolute atomic E-state index is 0.281. The third-order valence-corrected chi connectivity index (χ3v) is 3.55. The van der Waals surface area contributed by atoms with E-state index in [1.54, 1.807) is 6.07 Å². The fraction of sp³-hybridized carbons (Fsp3) is 0.647. The third kappa shape index (κ3) is 7.49. The molecule has 0 amide bonds. The van der Waals surface area contributed by atoms with Crippen molar-refractivity contribution in [3.8, 4) is 5.75 Å². The Balaban J connectivity index is 1.95. The molecule has 114 valence electrons. The highest BCUT2D eigenvalue weighted by Crippen LogP contribution is 2.15. The van der Waals surface area contributed by atoms with Crippen molar-refractivity contribution in [2.75, 3.05) is 6.54 Å². The van der Waals surface area contributed by atoms with E-state index in [1.807, 2.05) is 0 Å². The van der Waals surface area contributed by atoms with E-state index in [0.29, 0.717) is 6.54 Å². The van der Waals surface area contributed by atoms with Crippen molar-refractivity contribution in [3.63, 3.8) is 0 Å². The van der Waals surface area contributed by atoms with E-state index in [9.17, 15) is 4.39 Å². The SMILES string of the molecule is CCCCCCCCCCNCc1ccc(O)c(F)c1.